The summed E-state index contributed by atoms with van der Waals surface area (Å²) in [7, 11) is 0. The average Bonchev–Trinajstić information content (AvgIpc) is 2.94. The Morgan fingerprint density at radius 3 is 3.00 bits per heavy atom. The molecule has 1 aromatic rings. The SMILES string of the molecule is Cc1cn([C@H]2C=C[C@]3(CCC[C@H]3O)O2)c(=O)[nH]c1=O. The summed E-state index contributed by atoms with van der Waals surface area (Å²) in [6, 6.07) is 0. The van der Waals surface area contributed by atoms with E-state index < -0.39 is 23.6 Å². The van der Waals surface area contributed by atoms with Crippen LogP contribution in [0.4, 0.5) is 0 Å². The van der Waals surface area contributed by atoms with Gasteiger partial charge in [-0.1, -0.05) is 0 Å². The quantitative estimate of drug-likeness (QED) is 0.710. The Labute approximate surface area is 109 Å². The highest BCUT2D eigenvalue weighted by Gasteiger charge is 2.46. The van der Waals surface area contributed by atoms with Crippen molar-refractivity contribution in [2.75, 3.05) is 0 Å². The number of nitrogens with zero attached hydrogens (tertiary/aromatic N) is 1. The van der Waals surface area contributed by atoms with E-state index in [0.29, 0.717) is 12.0 Å². The molecule has 0 saturated heterocycles. The molecule has 0 unspecified atom stereocenters. The smallest absolute Gasteiger partial charge is 0.330 e. The summed E-state index contributed by atoms with van der Waals surface area (Å²) in [5, 5.41) is 9.99. The third kappa shape index (κ3) is 1.87. The molecule has 102 valence electrons. The minimum Gasteiger partial charge on any atom is -0.390 e. The Morgan fingerprint density at radius 2 is 2.32 bits per heavy atom. The van der Waals surface area contributed by atoms with Gasteiger partial charge in [0.2, 0.25) is 0 Å². The van der Waals surface area contributed by atoms with Gasteiger partial charge in [-0.15, -0.1) is 0 Å². The molecule has 1 saturated carbocycles. The van der Waals surface area contributed by atoms with Gasteiger partial charge in [0.05, 0.1) is 6.10 Å². The van der Waals surface area contributed by atoms with E-state index in [2.05, 4.69) is 4.98 Å². The summed E-state index contributed by atoms with van der Waals surface area (Å²) < 4.78 is 7.20. The summed E-state index contributed by atoms with van der Waals surface area (Å²) in [5.74, 6) is 0. The lowest BCUT2D eigenvalue weighted by molar-refractivity contribution is -0.106. The number of aliphatic hydroxyl groups excluding tert-OH is 1. The highest BCUT2D eigenvalue weighted by molar-refractivity contribution is 5.17. The largest absolute Gasteiger partial charge is 0.390 e. The Hall–Kier alpha value is -1.66. The molecule has 19 heavy (non-hydrogen) atoms. The van der Waals surface area contributed by atoms with Gasteiger partial charge in [-0.2, -0.15) is 0 Å². The van der Waals surface area contributed by atoms with Crippen LogP contribution in [-0.4, -0.2) is 26.4 Å². The van der Waals surface area contributed by atoms with Crippen LogP contribution >= 0.6 is 0 Å². The van der Waals surface area contributed by atoms with E-state index in [4.69, 9.17) is 4.74 Å². The lowest BCUT2D eigenvalue weighted by Gasteiger charge is -2.28. The molecule has 0 aromatic carbocycles. The van der Waals surface area contributed by atoms with E-state index in [0.717, 1.165) is 12.8 Å². The topological polar surface area (TPSA) is 84.3 Å². The fourth-order valence-corrected chi connectivity index (χ4v) is 2.79. The van der Waals surface area contributed by atoms with Gasteiger partial charge in [0.25, 0.3) is 5.56 Å². The van der Waals surface area contributed by atoms with Crippen LogP contribution < -0.4 is 11.2 Å². The lowest BCUT2D eigenvalue weighted by Crippen LogP contribution is -2.39. The van der Waals surface area contributed by atoms with E-state index in [1.165, 1.54) is 10.8 Å². The molecular weight excluding hydrogens is 248 g/mol. The fourth-order valence-electron chi connectivity index (χ4n) is 2.79. The van der Waals surface area contributed by atoms with Crippen molar-refractivity contribution in [2.24, 2.45) is 0 Å². The summed E-state index contributed by atoms with van der Waals surface area (Å²) in [6.45, 7) is 1.63. The minimum absolute atomic E-state index is 0.390. The Balaban J connectivity index is 1.95. The molecule has 0 bridgehead atoms. The molecule has 0 radical (unpaired) electrons. The van der Waals surface area contributed by atoms with Crippen LogP contribution in [0.15, 0.2) is 27.9 Å². The summed E-state index contributed by atoms with van der Waals surface area (Å²) >= 11 is 0. The van der Waals surface area contributed by atoms with E-state index in [1.54, 1.807) is 13.0 Å². The Bertz CT molecular complexity index is 645. The van der Waals surface area contributed by atoms with Gasteiger partial charge in [0.15, 0.2) is 6.23 Å². The third-order valence-electron chi connectivity index (χ3n) is 3.91. The van der Waals surface area contributed by atoms with Crippen molar-refractivity contribution >= 4 is 0 Å². The second kappa shape index (κ2) is 4.18. The highest BCUT2D eigenvalue weighted by Crippen LogP contribution is 2.41. The first-order valence-corrected chi connectivity index (χ1v) is 6.39. The molecule has 2 N–H and O–H groups in total. The van der Waals surface area contributed by atoms with Crippen molar-refractivity contribution in [1.29, 1.82) is 0 Å². The van der Waals surface area contributed by atoms with Gasteiger partial charge in [0.1, 0.15) is 5.60 Å². The molecule has 2 heterocycles. The normalized spacial score (nSPS) is 33.4. The van der Waals surface area contributed by atoms with E-state index >= 15 is 0 Å². The molecule has 1 fully saturated rings. The van der Waals surface area contributed by atoms with Crippen LogP contribution in [0.25, 0.3) is 0 Å². The van der Waals surface area contributed by atoms with Gasteiger partial charge in [-0.3, -0.25) is 14.3 Å². The minimum atomic E-state index is -0.672. The van der Waals surface area contributed by atoms with E-state index in [-0.39, 0.29) is 5.56 Å². The van der Waals surface area contributed by atoms with Crippen molar-refractivity contribution in [2.45, 2.75) is 44.1 Å². The number of aromatic amines is 1. The zero-order valence-electron chi connectivity index (χ0n) is 10.6. The predicted molar refractivity (Wildman–Crippen MR) is 67.9 cm³/mol. The van der Waals surface area contributed by atoms with Crippen LogP contribution in [0.2, 0.25) is 0 Å². The molecule has 1 aliphatic carbocycles. The molecule has 6 heteroatoms. The standard InChI is InChI=1S/C13H16N2O4/c1-8-7-15(12(18)14-11(8)17)10-4-6-13(19-10)5-2-3-9(13)16/h4,6-7,9-10,16H,2-3,5H2,1H3,(H,14,17,18)/t9-,10-,13+/m1/s1. The van der Waals surface area contributed by atoms with Crippen LogP contribution in [0.3, 0.4) is 0 Å². The maximum Gasteiger partial charge on any atom is 0.330 e. The molecule has 1 spiro atoms. The lowest BCUT2D eigenvalue weighted by atomic mass is 10.0. The zero-order valence-corrected chi connectivity index (χ0v) is 10.6. The zero-order chi connectivity index (χ0) is 13.6. The second-order valence-corrected chi connectivity index (χ2v) is 5.21. The molecule has 3 rings (SSSR count). The fraction of sp³-hybridized carbons (Fsp3) is 0.538. The van der Waals surface area contributed by atoms with Crippen molar-refractivity contribution < 1.29 is 9.84 Å². The maximum absolute atomic E-state index is 11.8. The summed E-state index contributed by atoms with van der Waals surface area (Å²) in [6.07, 6.45) is 6.32. The number of hydrogen-bond acceptors (Lipinski definition) is 4. The number of aliphatic hydroxyl groups is 1. The van der Waals surface area contributed by atoms with Gasteiger partial charge >= 0.3 is 5.69 Å². The molecule has 0 amide bonds. The van der Waals surface area contributed by atoms with Crippen molar-refractivity contribution in [1.82, 2.24) is 9.55 Å². The Kier molecular flexibility index (Phi) is 2.72. The van der Waals surface area contributed by atoms with E-state index in [9.17, 15) is 14.7 Å². The number of aryl methyl sites for hydroxylation is 1. The molecule has 3 atom stereocenters. The van der Waals surface area contributed by atoms with Crippen LogP contribution in [0.1, 0.15) is 31.1 Å². The molecular formula is C13H16N2O4. The highest BCUT2D eigenvalue weighted by atomic mass is 16.5. The number of ether oxygens (including phenoxy) is 1. The number of hydrogen-bond donors (Lipinski definition) is 2. The first-order chi connectivity index (χ1) is 9.02. The third-order valence-corrected chi connectivity index (χ3v) is 3.91. The Morgan fingerprint density at radius 1 is 1.53 bits per heavy atom. The number of nitrogens with one attached hydrogen (secondary N) is 1. The van der Waals surface area contributed by atoms with Crippen molar-refractivity contribution in [3.05, 3.63) is 44.8 Å². The number of aromatic nitrogens is 2. The number of H-pyrrole nitrogens is 1. The van der Waals surface area contributed by atoms with Gasteiger partial charge in [0, 0.05) is 11.8 Å². The predicted octanol–water partition coefficient (Wildman–Crippen LogP) is 0.214. The number of rotatable bonds is 1. The van der Waals surface area contributed by atoms with Crippen molar-refractivity contribution in [3.63, 3.8) is 0 Å². The molecule has 1 aliphatic heterocycles. The molecule has 6 nitrogen and oxygen atoms in total. The van der Waals surface area contributed by atoms with Gasteiger partial charge < -0.3 is 9.84 Å². The average molecular weight is 264 g/mol. The first-order valence-electron chi connectivity index (χ1n) is 6.39. The first kappa shape index (κ1) is 12.4. The molecule has 2 aliphatic rings. The van der Waals surface area contributed by atoms with Gasteiger partial charge in [-0.05, 0) is 38.3 Å². The van der Waals surface area contributed by atoms with Crippen LogP contribution in [0.5, 0.6) is 0 Å². The maximum atomic E-state index is 11.8. The van der Waals surface area contributed by atoms with Crippen molar-refractivity contribution in [3.8, 4) is 0 Å². The second-order valence-electron chi connectivity index (χ2n) is 5.21. The van der Waals surface area contributed by atoms with Crippen LogP contribution in [0, 0.1) is 6.92 Å². The van der Waals surface area contributed by atoms with E-state index in [1.807, 2.05) is 6.08 Å². The van der Waals surface area contributed by atoms with Gasteiger partial charge in [-0.25, -0.2) is 4.79 Å². The summed E-state index contributed by atoms with van der Waals surface area (Å²) in [5.41, 5.74) is -1.12. The van der Waals surface area contributed by atoms with Crippen LogP contribution in [-0.2, 0) is 4.74 Å². The molecule has 1 aromatic heterocycles. The monoisotopic (exact) mass is 264 g/mol. The summed E-state index contributed by atoms with van der Waals surface area (Å²) in [4.78, 5) is 25.4.